The molecule has 0 bridgehead atoms. The van der Waals surface area contributed by atoms with E-state index in [-0.39, 0.29) is 5.82 Å². The molecule has 3 rings (SSSR count). The largest absolute Gasteiger partial charge is 0.382 e. The zero-order chi connectivity index (χ0) is 13.4. The Labute approximate surface area is 108 Å². The molecule has 0 aliphatic rings. The smallest absolute Gasteiger partial charge is 0.181 e. The highest BCUT2D eigenvalue weighted by molar-refractivity contribution is 5.69. The SMILES string of the molecule is Cn1cc(-c2nc(-c3ccc(F)cc3)n[nH]2)c(N)n1. The molecule has 0 saturated heterocycles. The van der Waals surface area contributed by atoms with Crippen LogP contribution < -0.4 is 5.73 Å². The molecule has 0 fully saturated rings. The van der Waals surface area contributed by atoms with Gasteiger partial charge >= 0.3 is 0 Å². The van der Waals surface area contributed by atoms with Gasteiger partial charge in [-0.3, -0.25) is 9.78 Å². The maximum Gasteiger partial charge on any atom is 0.181 e. The molecule has 96 valence electrons. The molecule has 0 atom stereocenters. The number of anilines is 1. The van der Waals surface area contributed by atoms with Crippen LogP contribution in [-0.4, -0.2) is 25.0 Å². The Balaban J connectivity index is 1.99. The predicted octanol–water partition coefficient (Wildman–Crippen LogP) is 1.59. The first-order valence-corrected chi connectivity index (χ1v) is 5.61. The topological polar surface area (TPSA) is 85.4 Å². The minimum absolute atomic E-state index is 0.295. The second kappa shape index (κ2) is 4.20. The number of aromatic amines is 1. The van der Waals surface area contributed by atoms with Crippen LogP contribution in [0.5, 0.6) is 0 Å². The van der Waals surface area contributed by atoms with Crippen LogP contribution in [-0.2, 0) is 7.05 Å². The number of rotatable bonds is 2. The van der Waals surface area contributed by atoms with E-state index in [1.165, 1.54) is 12.1 Å². The van der Waals surface area contributed by atoms with Gasteiger partial charge in [-0.05, 0) is 24.3 Å². The number of nitrogen functional groups attached to an aromatic ring is 1. The fraction of sp³-hybridized carbons (Fsp3) is 0.0833. The Morgan fingerprint density at radius 3 is 2.63 bits per heavy atom. The van der Waals surface area contributed by atoms with Crippen molar-refractivity contribution in [2.75, 3.05) is 5.73 Å². The van der Waals surface area contributed by atoms with Crippen LogP contribution in [0.1, 0.15) is 0 Å². The summed E-state index contributed by atoms with van der Waals surface area (Å²) in [6.07, 6.45) is 1.75. The van der Waals surface area contributed by atoms with Crippen molar-refractivity contribution >= 4 is 5.82 Å². The van der Waals surface area contributed by atoms with Crippen molar-refractivity contribution in [1.82, 2.24) is 25.0 Å². The number of nitrogens with zero attached hydrogens (tertiary/aromatic N) is 4. The van der Waals surface area contributed by atoms with Gasteiger partial charge in [0.25, 0.3) is 0 Å². The molecule has 0 saturated carbocycles. The molecule has 0 aliphatic carbocycles. The molecule has 0 amide bonds. The molecule has 2 aromatic heterocycles. The summed E-state index contributed by atoms with van der Waals surface area (Å²) in [5.41, 5.74) is 7.18. The summed E-state index contributed by atoms with van der Waals surface area (Å²) in [7, 11) is 1.77. The van der Waals surface area contributed by atoms with E-state index < -0.39 is 0 Å². The van der Waals surface area contributed by atoms with Gasteiger partial charge in [-0.1, -0.05) is 0 Å². The van der Waals surface area contributed by atoms with Gasteiger partial charge in [0.05, 0.1) is 5.56 Å². The molecule has 0 unspecified atom stereocenters. The summed E-state index contributed by atoms with van der Waals surface area (Å²) in [6, 6.07) is 5.97. The first-order chi connectivity index (χ1) is 9.13. The molecule has 7 heteroatoms. The van der Waals surface area contributed by atoms with Crippen LogP contribution >= 0.6 is 0 Å². The average Bonchev–Trinajstić information content (AvgIpc) is 2.97. The number of aromatic nitrogens is 5. The monoisotopic (exact) mass is 258 g/mol. The quantitative estimate of drug-likeness (QED) is 0.731. The van der Waals surface area contributed by atoms with E-state index in [4.69, 9.17) is 5.73 Å². The van der Waals surface area contributed by atoms with E-state index in [9.17, 15) is 4.39 Å². The molecule has 3 N–H and O–H groups in total. The number of nitrogens with two attached hydrogens (primary N) is 1. The molecule has 2 heterocycles. The Bertz CT molecular complexity index is 712. The van der Waals surface area contributed by atoms with Gasteiger partial charge in [0.2, 0.25) is 0 Å². The molecule has 0 aliphatic heterocycles. The van der Waals surface area contributed by atoms with Crippen LogP contribution in [0.3, 0.4) is 0 Å². The molecule has 19 heavy (non-hydrogen) atoms. The predicted molar refractivity (Wildman–Crippen MR) is 68.4 cm³/mol. The van der Waals surface area contributed by atoms with Gasteiger partial charge in [-0.15, -0.1) is 0 Å². The standard InChI is InChI=1S/C12H11FN6/c1-19-6-9(10(14)18-19)12-15-11(16-17-12)7-2-4-8(13)5-3-7/h2-6H,1H3,(H2,14,18)(H,15,16,17). The van der Waals surface area contributed by atoms with Crippen molar-refractivity contribution in [3.05, 3.63) is 36.3 Å². The maximum absolute atomic E-state index is 12.9. The lowest BCUT2D eigenvalue weighted by Crippen LogP contribution is -1.91. The highest BCUT2D eigenvalue weighted by Crippen LogP contribution is 2.23. The number of hydrogen-bond donors (Lipinski definition) is 2. The Hall–Kier alpha value is -2.70. The third-order valence-corrected chi connectivity index (χ3v) is 2.70. The van der Waals surface area contributed by atoms with E-state index in [2.05, 4.69) is 20.3 Å². The molecular weight excluding hydrogens is 247 g/mol. The number of aryl methyl sites for hydroxylation is 1. The van der Waals surface area contributed by atoms with Crippen molar-refractivity contribution in [2.45, 2.75) is 0 Å². The van der Waals surface area contributed by atoms with Crippen molar-refractivity contribution in [2.24, 2.45) is 7.05 Å². The lowest BCUT2D eigenvalue weighted by atomic mass is 10.2. The second-order valence-corrected chi connectivity index (χ2v) is 4.12. The number of nitrogens with one attached hydrogen (secondary N) is 1. The summed E-state index contributed by atoms with van der Waals surface area (Å²) < 4.78 is 14.5. The second-order valence-electron chi connectivity index (χ2n) is 4.12. The molecule has 6 nitrogen and oxygen atoms in total. The van der Waals surface area contributed by atoms with Gasteiger partial charge in [-0.2, -0.15) is 10.2 Å². The van der Waals surface area contributed by atoms with E-state index in [0.29, 0.717) is 23.0 Å². The van der Waals surface area contributed by atoms with Crippen LogP contribution in [0.4, 0.5) is 10.2 Å². The molecular formula is C12H11FN6. The Kier molecular flexibility index (Phi) is 2.52. The van der Waals surface area contributed by atoms with E-state index in [1.54, 1.807) is 30.1 Å². The number of halogens is 1. The zero-order valence-corrected chi connectivity index (χ0v) is 10.1. The molecule has 0 spiro atoms. The maximum atomic E-state index is 12.9. The third kappa shape index (κ3) is 2.05. The van der Waals surface area contributed by atoms with Crippen LogP contribution in [0.15, 0.2) is 30.5 Å². The van der Waals surface area contributed by atoms with Crippen LogP contribution in [0.25, 0.3) is 22.8 Å². The van der Waals surface area contributed by atoms with Gasteiger partial charge < -0.3 is 5.73 Å². The first-order valence-electron chi connectivity index (χ1n) is 5.61. The fourth-order valence-corrected chi connectivity index (χ4v) is 1.80. The number of benzene rings is 1. The lowest BCUT2D eigenvalue weighted by Gasteiger charge is -1.93. The van der Waals surface area contributed by atoms with Crippen molar-refractivity contribution in [3.8, 4) is 22.8 Å². The van der Waals surface area contributed by atoms with Crippen molar-refractivity contribution < 1.29 is 4.39 Å². The number of hydrogen-bond acceptors (Lipinski definition) is 4. The summed E-state index contributed by atoms with van der Waals surface area (Å²) in [5, 5.41) is 10.9. The summed E-state index contributed by atoms with van der Waals surface area (Å²) >= 11 is 0. The highest BCUT2D eigenvalue weighted by atomic mass is 19.1. The van der Waals surface area contributed by atoms with E-state index >= 15 is 0 Å². The minimum Gasteiger partial charge on any atom is -0.382 e. The minimum atomic E-state index is -0.295. The normalized spacial score (nSPS) is 10.8. The highest BCUT2D eigenvalue weighted by Gasteiger charge is 2.12. The summed E-state index contributed by atoms with van der Waals surface area (Å²) in [6.45, 7) is 0. The van der Waals surface area contributed by atoms with Crippen molar-refractivity contribution in [3.63, 3.8) is 0 Å². The fourth-order valence-electron chi connectivity index (χ4n) is 1.80. The lowest BCUT2D eigenvalue weighted by molar-refractivity contribution is 0.628. The molecule has 3 aromatic rings. The van der Waals surface area contributed by atoms with Gasteiger partial charge in [0.15, 0.2) is 17.5 Å². The van der Waals surface area contributed by atoms with Gasteiger partial charge in [0.1, 0.15) is 5.82 Å². The van der Waals surface area contributed by atoms with Crippen molar-refractivity contribution in [1.29, 1.82) is 0 Å². The third-order valence-electron chi connectivity index (χ3n) is 2.70. The Morgan fingerprint density at radius 1 is 1.26 bits per heavy atom. The summed E-state index contributed by atoms with van der Waals surface area (Å²) in [4.78, 5) is 4.33. The number of H-pyrrole nitrogens is 1. The molecule has 0 radical (unpaired) electrons. The molecule has 1 aromatic carbocycles. The summed E-state index contributed by atoms with van der Waals surface area (Å²) in [5.74, 6) is 1.10. The van der Waals surface area contributed by atoms with E-state index in [1.807, 2.05) is 0 Å². The van der Waals surface area contributed by atoms with Crippen LogP contribution in [0, 0.1) is 5.82 Å². The van der Waals surface area contributed by atoms with E-state index in [0.717, 1.165) is 5.56 Å². The Morgan fingerprint density at radius 2 is 2.00 bits per heavy atom. The average molecular weight is 258 g/mol. The van der Waals surface area contributed by atoms with Gasteiger partial charge in [-0.25, -0.2) is 9.37 Å². The van der Waals surface area contributed by atoms with Crippen LogP contribution in [0.2, 0.25) is 0 Å². The first kappa shape index (κ1) is 11.4. The zero-order valence-electron chi connectivity index (χ0n) is 10.1. The van der Waals surface area contributed by atoms with Gasteiger partial charge in [0, 0.05) is 18.8 Å².